The second-order valence-corrected chi connectivity index (χ2v) is 5.51. The molecule has 2 aromatic rings. The summed E-state index contributed by atoms with van der Waals surface area (Å²) >= 11 is 3.41. The Morgan fingerprint density at radius 1 is 1.00 bits per heavy atom. The number of hydrogen-bond donors (Lipinski definition) is 1. The van der Waals surface area contributed by atoms with Gasteiger partial charge >= 0.3 is 0 Å². The van der Waals surface area contributed by atoms with Gasteiger partial charge in [0.25, 0.3) is 0 Å². The fourth-order valence-corrected chi connectivity index (χ4v) is 2.09. The van der Waals surface area contributed by atoms with Crippen molar-refractivity contribution in [1.29, 1.82) is 0 Å². The summed E-state index contributed by atoms with van der Waals surface area (Å²) in [4.78, 5) is 0. The molecule has 0 heterocycles. The second-order valence-electron chi connectivity index (χ2n) is 4.60. The Labute approximate surface area is 133 Å². The zero-order chi connectivity index (χ0) is 14.9. The van der Waals surface area contributed by atoms with Crippen molar-refractivity contribution in [3.8, 4) is 11.8 Å². The minimum atomic E-state index is 0.100. The summed E-state index contributed by atoms with van der Waals surface area (Å²) in [5.41, 5.74) is 3.20. The first kappa shape index (κ1) is 15.8. The number of halogens is 1. The average Bonchev–Trinajstić information content (AvgIpc) is 2.50. The lowest BCUT2D eigenvalue weighted by Gasteiger charge is -2.05. The van der Waals surface area contributed by atoms with Crippen LogP contribution in [0.5, 0.6) is 0 Å². The van der Waals surface area contributed by atoms with Crippen molar-refractivity contribution in [3.05, 3.63) is 69.7 Å². The van der Waals surface area contributed by atoms with Crippen molar-refractivity contribution in [1.82, 2.24) is 0 Å². The van der Waals surface area contributed by atoms with Crippen molar-refractivity contribution in [2.24, 2.45) is 0 Å². The van der Waals surface area contributed by atoms with Crippen LogP contribution in [0.2, 0.25) is 0 Å². The van der Waals surface area contributed by atoms with E-state index in [0.29, 0.717) is 19.6 Å². The monoisotopic (exact) mass is 344 g/mol. The molecule has 0 fully saturated rings. The van der Waals surface area contributed by atoms with Gasteiger partial charge in [-0.05, 0) is 35.4 Å². The van der Waals surface area contributed by atoms with Gasteiger partial charge in [-0.3, -0.25) is 0 Å². The summed E-state index contributed by atoms with van der Waals surface area (Å²) < 4.78 is 6.79. The highest BCUT2D eigenvalue weighted by Gasteiger charge is 1.97. The van der Waals surface area contributed by atoms with E-state index in [1.807, 2.05) is 48.5 Å². The molecule has 2 nitrogen and oxygen atoms in total. The fraction of sp³-hybridized carbons (Fsp3) is 0.222. The highest BCUT2D eigenvalue weighted by Crippen LogP contribution is 2.12. The molecule has 0 aliphatic heterocycles. The minimum absolute atomic E-state index is 0.100. The largest absolute Gasteiger partial charge is 0.395 e. The van der Waals surface area contributed by atoms with E-state index in [0.717, 1.165) is 21.2 Å². The van der Waals surface area contributed by atoms with Crippen LogP contribution in [0.25, 0.3) is 0 Å². The van der Waals surface area contributed by atoms with Crippen LogP contribution in [-0.4, -0.2) is 11.7 Å². The third-order valence-corrected chi connectivity index (χ3v) is 3.38. The minimum Gasteiger partial charge on any atom is -0.395 e. The maximum absolute atomic E-state index is 8.71. The molecule has 0 spiro atoms. The molecule has 2 aromatic carbocycles. The molecule has 0 amide bonds. The van der Waals surface area contributed by atoms with Crippen LogP contribution in [0, 0.1) is 11.8 Å². The molecule has 2 rings (SSSR count). The van der Waals surface area contributed by atoms with Gasteiger partial charge in [0.2, 0.25) is 0 Å². The van der Waals surface area contributed by atoms with E-state index in [9.17, 15) is 0 Å². The maximum atomic E-state index is 8.71. The van der Waals surface area contributed by atoms with Gasteiger partial charge in [-0.15, -0.1) is 0 Å². The van der Waals surface area contributed by atoms with Crippen LogP contribution in [0.1, 0.15) is 23.1 Å². The summed E-state index contributed by atoms with van der Waals surface area (Å²) in [7, 11) is 0. The van der Waals surface area contributed by atoms with E-state index in [2.05, 4.69) is 27.8 Å². The van der Waals surface area contributed by atoms with E-state index in [1.165, 1.54) is 0 Å². The normalized spacial score (nSPS) is 10.0. The van der Waals surface area contributed by atoms with Crippen molar-refractivity contribution in [3.63, 3.8) is 0 Å². The molecule has 0 atom stereocenters. The Balaban J connectivity index is 1.87. The smallest absolute Gasteiger partial charge is 0.0721 e. The standard InChI is InChI=1S/C18H17BrO2/c19-18-9-7-16(8-10-18)13-21-14-17-6-3-5-15(12-17)4-1-2-11-20/h3,5-10,12,20H,2,11,13-14H2. The van der Waals surface area contributed by atoms with E-state index >= 15 is 0 Å². The van der Waals surface area contributed by atoms with Gasteiger partial charge in [-0.2, -0.15) is 0 Å². The van der Waals surface area contributed by atoms with Crippen LogP contribution in [0.3, 0.4) is 0 Å². The van der Waals surface area contributed by atoms with E-state index in [4.69, 9.17) is 9.84 Å². The Bertz CT molecular complexity index is 624. The predicted molar refractivity (Wildman–Crippen MR) is 87.7 cm³/mol. The number of benzene rings is 2. The summed E-state index contributed by atoms with van der Waals surface area (Å²) in [6.07, 6.45) is 0.504. The second kappa shape index (κ2) is 8.63. The Morgan fingerprint density at radius 2 is 1.76 bits per heavy atom. The van der Waals surface area contributed by atoms with E-state index < -0.39 is 0 Å². The van der Waals surface area contributed by atoms with E-state index in [-0.39, 0.29) is 6.61 Å². The lowest BCUT2D eigenvalue weighted by molar-refractivity contribution is 0.107. The molecular weight excluding hydrogens is 328 g/mol. The number of aliphatic hydroxyl groups excluding tert-OH is 1. The summed E-state index contributed by atoms with van der Waals surface area (Å²) in [6, 6.07) is 16.1. The Hall–Kier alpha value is -1.60. The third-order valence-electron chi connectivity index (χ3n) is 2.85. The SMILES string of the molecule is OCCC#Cc1cccc(COCc2ccc(Br)cc2)c1. The molecule has 0 aromatic heterocycles. The molecular formula is C18H17BrO2. The topological polar surface area (TPSA) is 29.5 Å². The molecule has 0 bridgehead atoms. The molecule has 108 valence electrons. The zero-order valence-electron chi connectivity index (χ0n) is 11.7. The summed E-state index contributed by atoms with van der Waals surface area (Å²) in [6.45, 7) is 1.25. The highest BCUT2D eigenvalue weighted by molar-refractivity contribution is 9.10. The lowest BCUT2D eigenvalue weighted by Crippen LogP contribution is -1.94. The molecule has 3 heteroatoms. The molecule has 0 unspecified atom stereocenters. The average molecular weight is 345 g/mol. The van der Waals surface area contributed by atoms with Gasteiger partial charge in [0.05, 0.1) is 19.8 Å². The number of aliphatic hydroxyl groups is 1. The van der Waals surface area contributed by atoms with E-state index in [1.54, 1.807) is 0 Å². The van der Waals surface area contributed by atoms with Gasteiger partial charge in [-0.25, -0.2) is 0 Å². The van der Waals surface area contributed by atoms with Crippen molar-refractivity contribution in [2.45, 2.75) is 19.6 Å². The third kappa shape index (κ3) is 5.73. The van der Waals surface area contributed by atoms with Crippen LogP contribution >= 0.6 is 15.9 Å². The maximum Gasteiger partial charge on any atom is 0.0721 e. The first-order chi connectivity index (χ1) is 10.3. The zero-order valence-corrected chi connectivity index (χ0v) is 13.3. The quantitative estimate of drug-likeness (QED) is 0.833. The van der Waals surface area contributed by atoms with Crippen molar-refractivity contribution < 1.29 is 9.84 Å². The van der Waals surface area contributed by atoms with Gasteiger partial charge in [0, 0.05) is 16.5 Å². The fourth-order valence-electron chi connectivity index (χ4n) is 1.83. The van der Waals surface area contributed by atoms with Crippen LogP contribution in [-0.2, 0) is 18.0 Å². The summed E-state index contributed by atoms with van der Waals surface area (Å²) in [5.74, 6) is 5.95. The van der Waals surface area contributed by atoms with Crippen molar-refractivity contribution >= 4 is 15.9 Å². The number of rotatable bonds is 5. The van der Waals surface area contributed by atoms with Crippen LogP contribution in [0.4, 0.5) is 0 Å². The molecule has 0 radical (unpaired) electrons. The highest BCUT2D eigenvalue weighted by atomic mass is 79.9. The van der Waals surface area contributed by atoms with Crippen LogP contribution < -0.4 is 0 Å². The Kier molecular flexibility index (Phi) is 6.49. The first-order valence-electron chi connectivity index (χ1n) is 6.79. The molecule has 21 heavy (non-hydrogen) atoms. The molecule has 0 saturated heterocycles. The Morgan fingerprint density at radius 3 is 2.52 bits per heavy atom. The van der Waals surface area contributed by atoms with Crippen molar-refractivity contribution in [2.75, 3.05) is 6.61 Å². The number of hydrogen-bond acceptors (Lipinski definition) is 2. The van der Waals surface area contributed by atoms with Crippen LogP contribution in [0.15, 0.2) is 53.0 Å². The number of ether oxygens (including phenoxy) is 1. The van der Waals surface area contributed by atoms with Gasteiger partial charge in [0.1, 0.15) is 0 Å². The lowest BCUT2D eigenvalue weighted by atomic mass is 10.1. The summed E-state index contributed by atoms with van der Waals surface area (Å²) in [5, 5.41) is 8.71. The molecule has 0 aliphatic carbocycles. The molecule has 1 N–H and O–H groups in total. The van der Waals surface area contributed by atoms with Gasteiger partial charge in [0.15, 0.2) is 0 Å². The van der Waals surface area contributed by atoms with Gasteiger partial charge in [-0.1, -0.05) is 52.0 Å². The predicted octanol–water partition coefficient (Wildman–Crippen LogP) is 3.90. The molecule has 0 saturated carbocycles. The first-order valence-corrected chi connectivity index (χ1v) is 7.58. The molecule has 0 aliphatic rings. The van der Waals surface area contributed by atoms with Gasteiger partial charge < -0.3 is 9.84 Å².